The fourth-order valence-corrected chi connectivity index (χ4v) is 5.36. The molecule has 2 N–H and O–H groups in total. The van der Waals surface area contributed by atoms with Crippen LogP contribution in [0.1, 0.15) is 38.7 Å². The van der Waals surface area contributed by atoms with E-state index in [0.717, 1.165) is 26.7 Å². The van der Waals surface area contributed by atoms with Crippen molar-refractivity contribution >= 4 is 45.8 Å². The number of ether oxygens (including phenoxy) is 1. The molecule has 3 aromatic heterocycles. The number of hydrogen-bond donors (Lipinski definition) is 2. The summed E-state index contributed by atoms with van der Waals surface area (Å²) in [5.74, 6) is -0.328. The number of carbonyl (C=O) groups excluding carboxylic acids is 2. The molecule has 8 nitrogen and oxygen atoms in total. The highest BCUT2D eigenvalue weighted by Gasteiger charge is 2.28. The van der Waals surface area contributed by atoms with Crippen LogP contribution in [0.3, 0.4) is 0 Å². The zero-order chi connectivity index (χ0) is 22.5. The molecular formula is C22H20N4O4S2. The van der Waals surface area contributed by atoms with Crippen molar-refractivity contribution in [3.63, 3.8) is 0 Å². The third-order valence-electron chi connectivity index (χ3n) is 4.86. The minimum absolute atomic E-state index is 0.282. The normalized spacial score (nSPS) is 15.2. The van der Waals surface area contributed by atoms with Crippen LogP contribution in [-0.2, 0) is 28.9 Å². The topological polar surface area (TPSA) is 117 Å². The second-order valence-corrected chi connectivity index (χ2v) is 9.25. The van der Waals surface area contributed by atoms with Gasteiger partial charge in [0.2, 0.25) is 5.91 Å². The Hall–Kier alpha value is -3.42. The standard InChI is InChI=1S/C22H20N4O4S2/c1-13-12-31-20(25-13)10-24-22(28)30-15-3-4-16-17(9-23)21(32-18(16)8-15)26-19(27)5-2-14-6-7-29-11-14/h2,5-7,11-12,15H,3-4,8,10H2,1H3,(H,24,28)(H,26,27)/b5-2+. The van der Waals surface area contributed by atoms with Crippen LogP contribution in [0.2, 0.25) is 0 Å². The van der Waals surface area contributed by atoms with Crippen LogP contribution in [0.5, 0.6) is 0 Å². The molecule has 1 unspecified atom stereocenters. The van der Waals surface area contributed by atoms with Gasteiger partial charge in [-0.3, -0.25) is 4.79 Å². The highest BCUT2D eigenvalue weighted by Crippen LogP contribution is 2.38. The Kier molecular flexibility index (Phi) is 6.68. The second kappa shape index (κ2) is 9.80. The number of nitrogens with zero attached hydrogens (tertiary/aromatic N) is 2. The van der Waals surface area contributed by atoms with Crippen molar-refractivity contribution in [3.05, 3.63) is 62.3 Å². The minimum Gasteiger partial charge on any atom is -0.472 e. The number of nitrogens with one attached hydrogen (secondary N) is 2. The van der Waals surface area contributed by atoms with Gasteiger partial charge >= 0.3 is 6.09 Å². The molecule has 0 aliphatic heterocycles. The van der Waals surface area contributed by atoms with Gasteiger partial charge in [0.1, 0.15) is 22.2 Å². The summed E-state index contributed by atoms with van der Waals surface area (Å²) in [4.78, 5) is 29.7. The van der Waals surface area contributed by atoms with Gasteiger partial charge in [0, 0.05) is 34.0 Å². The van der Waals surface area contributed by atoms with E-state index < -0.39 is 6.09 Å². The zero-order valence-electron chi connectivity index (χ0n) is 17.2. The van der Waals surface area contributed by atoms with Gasteiger partial charge in [-0.25, -0.2) is 9.78 Å². The number of anilines is 1. The molecule has 164 valence electrons. The molecule has 0 fully saturated rings. The van der Waals surface area contributed by atoms with E-state index in [-0.39, 0.29) is 12.0 Å². The number of carbonyl (C=O) groups is 2. The van der Waals surface area contributed by atoms with E-state index >= 15 is 0 Å². The van der Waals surface area contributed by atoms with Crippen LogP contribution in [0.15, 0.2) is 34.5 Å². The number of rotatable bonds is 6. The molecule has 0 radical (unpaired) electrons. The molecule has 0 bridgehead atoms. The number of aryl methyl sites for hydroxylation is 1. The number of amides is 2. The lowest BCUT2D eigenvalue weighted by Gasteiger charge is -2.22. The lowest BCUT2D eigenvalue weighted by molar-refractivity contribution is -0.111. The molecule has 1 aliphatic rings. The van der Waals surface area contributed by atoms with Gasteiger partial charge in [-0.2, -0.15) is 5.26 Å². The molecule has 10 heteroatoms. The number of fused-ring (bicyclic) bond motifs is 1. The summed E-state index contributed by atoms with van der Waals surface area (Å²) in [5, 5.41) is 18.4. The number of hydrogen-bond acceptors (Lipinski definition) is 8. The van der Waals surface area contributed by atoms with Gasteiger partial charge in [0.25, 0.3) is 0 Å². The Morgan fingerprint density at radius 2 is 2.34 bits per heavy atom. The largest absolute Gasteiger partial charge is 0.472 e. The van der Waals surface area contributed by atoms with Gasteiger partial charge in [-0.05, 0) is 37.5 Å². The van der Waals surface area contributed by atoms with Crippen molar-refractivity contribution in [1.82, 2.24) is 10.3 Å². The summed E-state index contributed by atoms with van der Waals surface area (Å²) in [6.45, 7) is 2.23. The van der Waals surface area contributed by atoms with E-state index in [1.807, 2.05) is 12.3 Å². The van der Waals surface area contributed by atoms with Crippen LogP contribution >= 0.6 is 22.7 Å². The molecule has 0 spiro atoms. The maximum Gasteiger partial charge on any atom is 0.407 e. The zero-order valence-corrected chi connectivity index (χ0v) is 18.8. The van der Waals surface area contributed by atoms with E-state index in [4.69, 9.17) is 9.15 Å². The highest BCUT2D eigenvalue weighted by molar-refractivity contribution is 7.16. The number of alkyl carbamates (subject to hydrolysis) is 1. The van der Waals surface area contributed by atoms with Gasteiger partial charge in [-0.15, -0.1) is 22.7 Å². The van der Waals surface area contributed by atoms with Crippen molar-refractivity contribution in [2.24, 2.45) is 0 Å². The third-order valence-corrected chi connectivity index (χ3v) is 7.00. The predicted octanol–water partition coefficient (Wildman–Crippen LogP) is 4.41. The lowest BCUT2D eigenvalue weighted by Crippen LogP contribution is -2.31. The SMILES string of the molecule is Cc1csc(CNC(=O)OC2CCc3c(sc(NC(=O)/C=C/c4ccoc4)c3C#N)C2)n1. The molecule has 1 atom stereocenters. The second-order valence-electron chi connectivity index (χ2n) is 7.21. The summed E-state index contributed by atoms with van der Waals surface area (Å²) in [6.07, 6.45) is 7.06. The molecule has 3 aromatic rings. The molecule has 0 saturated carbocycles. The summed E-state index contributed by atoms with van der Waals surface area (Å²) in [6, 6.07) is 3.94. The summed E-state index contributed by atoms with van der Waals surface area (Å²) in [5.41, 5.74) is 3.10. The number of thiazole rings is 1. The fraction of sp³-hybridized carbons (Fsp3) is 0.273. The van der Waals surface area contributed by atoms with Crippen LogP contribution in [0.25, 0.3) is 6.08 Å². The van der Waals surface area contributed by atoms with Crippen molar-refractivity contribution < 1.29 is 18.7 Å². The highest BCUT2D eigenvalue weighted by atomic mass is 32.1. The van der Waals surface area contributed by atoms with E-state index in [9.17, 15) is 14.9 Å². The van der Waals surface area contributed by atoms with Gasteiger partial charge in [0.05, 0.1) is 24.6 Å². The van der Waals surface area contributed by atoms with Gasteiger partial charge in [-0.1, -0.05) is 0 Å². The molecule has 3 heterocycles. The van der Waals surface area contributed by atoms with E-state index in [2.05, 4.69) is 21.7 Å². The Morgan fingerprint density at radius 3 is 3.06 bits per heavy atom. The van der Waals surface area contributed by atoms with Crippen LogP contribution in [-0.4, -0.2) is 23.1 Å². The first-order valence-electron chi connectivity index (χ1n) is 9.93. The monoisotopic (exact) mass is 468 g/mol. The number of aromatic nitrogens is 1. The molecule has 4 rings (SSSR count). The maximum absolute atomic E-state index is 12.3. The van der Waals surface area contributed by atoms with E-state index in [0.29, 0.717) is 36.4 Å². The Balaban J connectivity index is 1.35. The summed E-state index contributed by atoms with van der Waals surface area (Å²) < 4.78 is 10.5. The molecule has 0 aromatic carbocycles. The maximum atomic E-state index is 12.3. The van der Waals surface area contributed by atoms with Crippen LogP contribution in [0, 0.1) is 18.3 Å². The fourth-order valence-electron chi connectivity index (χ4n) is 3.38. The molecule has 2 amide bonds. The molecule has 32 heavy (non-hydrogen) atoms. The smallest absolute Gasteiger partial charge is 0.407 e. The number of nitriles is 1. The van der Waals surface area contributed by atoms with Crippen molar-refractivity contribution in [3.8, 4) is 6.07 Å². The van der Waals surface area contributed by atoms with Crippen LogP contribution < -0.4 is 10.6 Å². The summed E-state index contributed by atoms with van der Waals surface area (Å²) in [7, 11) is 0. The van der Waals surface area contributed by atoms with Crippen molar-refractivity contribution in [1.29, 1.82) is 5.26 Å². The molecule has 0 saturated heterocycles. The number of furan rings is 1. The van der Waals surface area contributed by atoms with E-state index in [1.54, 1.807) is 12.1 Å². The number of thiophene rings is 1. The summed E-state index contributed by atoms with van der Waals surface area (Å²) >= 11 is 2.84. The van der Waals surface area contributed by atoms with Crippen LogP contribution in [0.4, 0.5) is 9.80 Å². The molecule has 1 aliphatic carbocycles. The van der Waals surface area contributed by atoms with Gasteiger partial charge in [0.15, 0.2) is 0 Å². The molecular weight excluding hydrogens is 448 g/mol. The minimum atomic E-state index is -0.485. The average molecular weight is 469 g/mol. The first kappa shape index (κ1) is 21.8. The first-order valence-corrected chi connectivity index (χ1v) is 11.6. The van der Waals surface area contributed by atoms with Crippen molar-refractivity contribution in [2.75, 3.05) is 5.32 Å². The Bertz CT molecular complexity index is 1190. The predicted molar refractivity (Wildman–Crippen MR) is 121 cm³/mol. The third kappa shape index (κ3) is 5.25. The van der Waals surface area contributed by atoms with Crippen molar-refractivity contribution in [2.45, 2.75) is 38.8 Å². The first-order chi connectivity index (χ1) is 15.5. The quantitative estimate of drug-likeness (QED) is 0.518. The Labute approximate surface area is 192 Å². The Morgan fingerprint density at radius 1 is 1.47 bits per heavy atom. The average Bonchev–Trinajstić information content (AvgIpc) is 3.50. The van der Waals surface area contributed by atoms with E-state index in [1.165, 1.54) is 41.3 Å². The van der Waals surface area contributed by atoms with Gasteiger partial charge < -0.3 is 19.8 Å². The lowest BCUT2D eigenvalue weighted by atomic mass is 9.94.